The van der Waals surface area contributed by atoms with Crippen molar-refractivity contribution in [3.05, 3.63) is 0 Å². The Hall–Kier alpha value is -1.34. The predicted octanol–water partition coefficient (Wildman–Crippen LogP) is 0.212. The molecular formula is C13H25N3O4. The second-order valence-electron chi connectivity index (χ2n) is 5.30. The van der Waals surface area contributed by atoms with Crippen molar-refractivity contribution in [1.82, 2.24) is 15.1 Å². The number of urea groups is 1. The number of carbonyl (C=O) groups excluding carboxylic acids is 1. The number of hydrogen-bond acceptors (Lipinski definition) is 4. The normalized spacial score (nSPS) is 18.1. The molecule has 2 N–H and O–H groups in total. The summed E-state index contributed by atoms with van der Waals surface area (Å²) in [4.78, 5) is 27.0. The van der Waals surface area contributed by atoms with Gasteiger partial charge in [-0.3, -0.25) is 0 Å². The lowest BCUT2D eigenvalue weighted by Gasteiger charge is -2.35. The highest BCUT2D eigenvalue weighted by Gasteiger charge is 2.27. The average molecular weight is 287 g/mol. The molecule has 0 aromatic carbocycles. The minimum Gasteiger partial charge on any atom is -0.480 e. The van der Waals surface area contributed by atoms with E-state index in [1.54, 1.807) is 4.90 Å². The summed E-state index contributed by atoms with van der Waals surface area (Å²) in [5.41, 5.74) is 0. The van der Waals surface area contributed by atoms with Gasteiger partial charge in [0.1, 0.15) is 6.04 Å². The molecule has 20 heavy (non-hydrogen) atoms. The Labute approximate surface area is 119 Å². The Morgan fingerprint density at radius 2 is 2.00 bits per heavy atom. The van der Waals surface area contributed by atoms with Crippen LogP contribution < -0.4 is 5.32 Å². The summed E-state index contributed by atoms with van der Waals surface area (Å²) in [6.07, 6.45) is 2.10. The number of carboxylic acids is 1. The third-order valence-electron chi connectivity index (χ3n) is 3.69. The average Bonchev–Trinajstić information content (AvgIpc) is 2.42. The summed E-state index contributed by atoms with van der Waals surface area (Å²) < 4.78 is 4.86. The van der Waals surface area contributed by atoms with E-state index in [9.17, 15) is 9.59 Å². The van der Waals surface area contributed by atoms with Crippen molar-refractivity contribution in [2.75, 3.05) is 40.9 Å². The van der Waals surface area contributed by atoms with E-state index >= 15 is 0 Å². The molecule has 0 aliphatic carbocycles. The zero-order valence-corrected chi connectivity index (χ0v) is 12.5. The minimum absolute atomic E-state index is 0.270. The molecule has 1 aliphatic heterocycles. The van der Waals surface area contributed by atoms with E-state index < -0.39 is 12.0 Å². The Morgan fingerprint density at radius 3 is 2.45 bits per heavy atom. The third-order valence-corrected chi connectivity index (χ3v) is 3.69. The molecule has 0 aromatic rings. The van der Waals surface area contributed by atoms with Gasteiger partial charge in [0, 0.05) is 39.3 Å². The topological polar surface area (TPSA) is 82.1 Å². The van der Waals surface area contributed by atoms with Crippen LogP contribution in [0.3, 0.4) is 0 Å². The Balaban J connectivity index is 2.43. The molecule has 0 aromatic heterocycles. The van der Waals surface area contributed by atoms with Gasteiger partial charge in [0.05, 0.1) is 0 Å². The molecule has 116 valence electrons. The summed E-state index contributed by atoms with van der Waals surface area (Å²) in [5.74, 6) is -1.03. The third kappa shape index (κ3) is 4.97. The van der Waals surface area contributed by atoms with Crippen molar-refractivity contribution in [3.8, 4) is 0 Å². The van der Waals surface area contributed by atoms with Gasteiger partial charge in [-0.2, -0.15) is 0 Å². The summed E-state index contributed by atoms with van der Waals surface area (Å²) in [7, 11) is 5.57. The van der Waals surface area contributed by atoms with Crippen LogP contribution in [0.1, 0.15) is 19.3 Å². The van der Waals surface area contributed by atoms with Crippen molar-refractivity contribution in [3.63, 3.8) is 0 Å². The number of methoxy groups -OCH3 is 1. The number of rotatable bonds is 6. The van der Waals surface area contributed by atoms with Crippen LogP contribution in [0.5, 0.6) is 0 Å². The molecule has 2 amide bonds. The van der Waals surface area contributed by atoms with E-state index in [0.29, 0.717) is 25.7 Å². The van der Waals surface area contributed by atoms with Crippen LogP contribution in [0.15, 0.2) is 0 Å². The Bertz CT molecular complexity index is 328. The van der Waals surface area contributed by atoms with E-state index in [1.807, 2.05) is 14.1 Å². The lowest BCUT2D eigenvalue weighted by Crippen LogP contribution is -2.52. The summed E-state index contributed by atoms with van der Waals surface area (Å²) in [6.45, 7) is 1.62. The molecule has 1 unspecified atom stereocenters. The first-order valence-electron chi connectivity index (χ1n) is 6.89. The summed E-state index contributed by atoms with van der Waals surface area (Å²) in [6, 6.07) is -0.706. The monoisotopic (exact) mass is 287 g/mol. The van der Waals surface area contributed by atoms with Crippen LogP contribution in [-0.2, 0) is 9.53 Å². The SMILES string of the molecule is COCCC(NC(=O)N1CCC(N(C)C)CC1)C(=O)O. The summed E-state index contributed by atoms with van der Waals surface area (Å²) in [5, 5.41) is 11.6. The number of amides is 2. The van der Waals surface area contributed by atoms with Crippen LogP contribution in [0, 0.1) is 0 Å². The molecule has 1 saturated heterocycles. The maximum atomic E-state index is 12.0. The van der Waals surface area contributed by atoms with E-state index in [4.69, 9.17) is 9.84 Å². The van der Waals surface area contributed by atoms with Crippen LogP contribution in [0.25, 0.3) is 0 Å². The molecule has 1 rings (SSSR count). The number of likely N-dealkylation sites (tertiary alicyclic amines) is 1. The highest BCUT2D eigenvalue weighted by molar-refractivity contribution is 5.82. The van der Waals surface area contributed by atoms with Crippen LogP contribution >= 0.6 is 0 Å². The van der Waals surface area contributed by atoms with Crippen molar-refractivity contribution < 1.29 is 19.4 Å². The first-order chi connectivity index (χ1) is 9.45. The van der Waals surface area contributed by atoms with Crippen molar-refractivity contribution >= 4 is 12.0 Å². The largest absolute Gasteiger partial charge is 0.480 e. The molecule has 1 atom stereocenters. The minimum atomic E-state index is -1.03. The first-order valence-corrected chi connectivity index (χ1v) is 6.89. The lowest BCUT2D eigenvalue weighted by molar-refractivity contribution is -0.139. The van der Waals surface area contributed by atoms with Gasteiger partial charge in [0.2, 0.25) is 0 Å². The number of carboxylic acid groups (broad SMARTS) is 1. The summed E-state index contributed by atoms with van der Waals surface area (Å²) >= 11 is 0. The smallest absolute Gasteiger partial charge is 0.326 e. The fourth-order valence-electron chi connectivity index (χ4n) is 2.32. The predicted molar refractivity (Wildman–Crippen MR) is 74.7 cm³/mol. The number of nitrogens with zero attached hydrogens (tertiary/aromatic N) is 2. The molecular weight excluding hydrogens is 262 g/mol. The van der Waals surface area contributed by atoms with Crippen molar-refractivity contribution in [2.45, 2.75) is 31.3 Å². The van der Waals surface area contributed by atoms with Gasteiger partial charge in [0.25, 0.3) is 0 Å². The maximum Gasteiger partial charge on any atom is 0.326 e. The van der Waals surface area contributed by atoms with Gasteiger partial charge in [-0.25, -0.2) is 9.59 Å². The van der Waals surface area contributed by atoms with Gasteiger partial charge in [-0.05, 0) is 26.9 Å². The number of carbonyl (C=O) groups is 2. The first kappa shape index (κ1) is 16.7. The highest BCUT2D eigenvalue weighted by Crippen LogP contribution is 2.14. The van der Waals surface area contributed by atoms with Gasteiger partial charge in [0.15, 0.2) is 0 Å². The van der Waals surface area contributed by atoms with Crippen LogP contribution in [0.2, 0.25) is 0 Å². The van der Waals surface area contributed by atoms with E-state index in [2.05, 4.69) is 10.2 Å². The Kier molecular flexibility index (Phi) is 6.74. The zero-order valence-electron chi connectivity index (χ0n) is 12.5. The lowest BCUT2D eigenvalue weighted by atomic mass is 10.0. The van der Waals surface area contributed by atoms with Gasteiger partial charge in [-0.1, -0.05) is 0 Å². The number of hydrogen-bond donors (Lipinski definition) is 2. The molecule has 1 heterocycles. The fourth-order valence-corrected chi connectivity index (χ4v) is 2.32. The molecule has 7 nitrogen and oxygen atoms in total. The molecule has 0 radical (unpaired) electrons. The second kappa shape index (κ2) is 8.06. The number of nitrogens with one attached hydrogen (secondary N) is 1. The van der Waals surface area contributed by atoms with Gasteiger partial charge in [-0.15, -0.1) is 0 Å². The number of ether oxygens (including phenoxy) is 1. The molecule has 0 saturated carbocycles. The van der Waals surface area contributed by atoms with Crippen LogP contribution in [0.4, 0.5) is 4.79 Å². The molecule has 1 fully saturated rings. The fraction of sp³-hybridized carbons (Fsp3) is 0.846. The van der Waals surface area contributed by atoms with E-state index in [1.165, 1.54) is 7.11 Å². The number of aliphatic carboxylic acids is 1. The molecule has 0 spiro atoms. The van der Waals surface area contributed by atoms with Gasteiger partial charge < -0.3 is 25.0 Å². The molecule has 1 aliphatic rings. The second-order valence-corrected chi connectivity index (χ2v) is 5.30. The maximum absolute atomic E-state index is 12.0. The van der Waals surface area contributed by atoms with Gasteiger partial charge >= 0.3 is 12.0 Å². The highest BCUT2D eigenvalue weighted by atomic mass is 16.5. The Morgan fingerprint density at radius 1 is 1.40 bits per heavy atom. The van der Waals surface area contributed by atoms with E-state index in [0.717, 1.165) is 12.8 Å². The van der Waals surface area contributed by atoms with Crippen LogP contribution in [-0.4, -0.2) is 79.9 Å². The van der Waals surface area contributed by atoms with Crippen molar-refractivity contribution in [1.29, 1.82) is 0 Å². The molecule has 0 bridgehead atoms. The quantitative estimate of drug-likeness (QED) is 0.730. The standard InChI is InChI=1S/C13H25N3O4/c1-15(2)10-4-7-16(8-5-10)13(19)14-11(12(17)18)6-9-20-3/h10-11H,4-9H2,1-3H3,(H,14,19)(H,17,18). The molecule has 7 heteroatoms. The zero-order chi connectivity index (χ0) is 15.1. The number of piperidine rings is 1. The van der Waals surface area contributed by atoms with Crippen molar-refractivity contribution in [2.24, 2.45) is 0 Å². The van der Waals surface area contributed by atoms with E-state index in [-0.39, 0.29) is 12.5 Å².